The van der Waals surface area contributed by atoms with Crippen molar-refractivity contribution in [1.82, 2.24) is 10.2 Å². The summed E-state index contributed by atoms with van der Waals surface area (Å²) >= 11 is 9.96. The van der Waals surface area contributed by atoms with E-state index in [0.717, 1.165) is 25.7 Å². The van der Waals surface area contributed by atoms with Crippen LogP contribution in [-0.2, 0) is 9.59 Å². The Hall–Kier alpha value is -1.44. The first-order chi connectivity index (χ1) is 13.9. The maximum Gasteiger partial charge on any atom is 0.266 e. The molecular formula is C21H30ClN3O3S. The fraction of sp³-hybridized carbons (Fsp3) is 0.619. The molecule has 3 N–H and O–H groups in total. The molecule has 1 aromatic carbocycles. The van der Waals surface area contributed by atoms with Gasteiger partial charge in [-0.2, -0.15) is 12.6 Å². The number of piperidine rings is 1. The second-order valence-corrected chi connectivity index (χ2v) is 8.84. The van der Waals surface area contributed by atoms with Gasteiger partial charge in [0.2, 0.25) is 5.91 Å². The Kier molecular flexibility index (Phi) is 7.71. The van der Waals surface area contributed by atoms with Crippen molar-refractivity contribution in [1.29, 1.82) is 0 Å². The number of nitrogens with one attached hydrogen (secondary N) is 1. The van der Waals surface area contributed by atoms with Crippen molar-refractivity contribution in [2.24, 2.45) is 11.7 Å². The van der Waals surface area contributed by atoms with Crippen molar-refractivity contribution in [3.63, 3.8) is 0 Å². The number of carbonyl (C=O) groups is 2. The number of ether oxygens (including phenoxy) is 1. The molecule has 0 bridgehead atoms. The van der Waals surface area contributed by atoms with E-state index in [1.165, 1.54) is 0 Å². The van der Waals surface area contributed by atoms with Gasteiger partial charge in [-0.25, -0.2) is 0 Å². The zero-order valence-electron chi connectivity index (χ0n) is 16.6. The van der Waals surface area contributed by atoms with E-state index >= 15 is 0 Å². The number of carbonyl (C=O) groups excluding carboxylic acids is 2. The fourth-order valence-corrected chi connectivity index (χ4v) is 4.37. The van der Waals surface area contributed by atoms with E-state index in [1.807, 2.05) is 17.0 Å². The second kappa shape index (κ2) is 10.0. The summed E-state index contributed by atoms with van der Waals surface area (Å²) in [5.41, 5.74) is 5.23. The van der Waals surface area contributed by atoms with E-state index in [9.17, 15) is 9.59 Å². The van der Waals surface area contributed by atoms with Gasteiger partial charge in [0.1, 0.15) is 5.75 Å². The largest absolute Gasteiger partial charge is 0.477 e. The molecule has 1 aromatic rings. The quantitative estimate of drug-likeness (QED) is 0.595. The summed E-state index contributed by atoms with van der Waals surface area (Å²) in [6.45, 7) is 2.00. The van der Waals surface area contributed by atoms with E-state index in [-0.39, 0.29) is 23.6 Å². The lowest BCUT2D eigenvalue weighted by Gasteiger charge is -2.43. The van der Waals surface area contributed by atoms with Crippen LogP contribution in [0.2, 0.25) is 5.02 Å². The molecule has 0 unspecified atom stereocenters. The number of hydrogen-bond donors (Lipinski definition) is 3. The van der Waals surface area contributed by atoms with Gasteiger partial charge in [0.25, 0.3) is 5.91 Å². The highest BCUT2D eigenvalue weighted by molar-refractivity contribution is 7.81. The van der Waals surface area contributed by atoms with E-state index in [1.54, 1.807) is 12.1 Å². The first-order valence-corrected chi connectivity index (χ1v) is 11.3. The van der Waals surface area contributed by atoms with Crippen LogP contribution in [0.25, 0.3) is 0 Å². The molecule has 2 amide bonds. The van der Waals surface area contributed by atoms with Crippen LogP contribution < -0.4 is 15.8 Å². The SMILES string of the molecule is NC1CCC(Oc2ccc(Cl)cc2)(C(=O)N2CCC(CNC(=O)CS)CC2)CC1. The highest BCUT2D eigenvalue weighted by atomic mass is 35.5. The Morgan fingerprint density at radius 2 is 1.79 bits per heavy atom. The molecule has 29 heavy (non-hydrogen) atoms. The number of nitrogens with two attached hydrogens (primary N) is 1. The van der Waals surface area contributed by atoms with Crippen LogP contribution in [0.3, 0.4) is 0 Å². The summed E-state index contributed by atoms with van der Waals surface area (Å²) < 4.78 is 6.31. The number of thiol groups is 1. The Balaban J connectivity index is 1.64. The lowest BCUT2D eigenvalue weighted by Crippen LogP contribution is -2.57. The average Bonchev–Trinajstić information content (AvgIpc) is 2.75. The van der Waals surface area contributed by atoms with Crippen molar-refractivity contribution < 1.29 is 14.3 Å². The summed E-state index contributed by atoms with van der Waals surface area (Å²) in [6.07, 6.45) is 4.52. The van der Waals surface area contributed by atoms with Gasteiger partial charge in [-0.3, -0.25) is 9.59 Å². The topological polar surface area (TPSA) is 84.7 Å². The van der Waals surface area contributed by atoms with Gasteiger partial charge in [0.05, 0.1) is 5.75 Å². The van der Waals surface area contributed by atoms with E-state index < -0.39 is 5.60 Å². The molecule has 2 fully saturated rings. The lowest BCUT2D eigenvalue weighted by atomic mass is 9.80. The van der Waals surface area contributed by atoms with Crippen LogP contribution in [0, 0.1) is 5.92 Å². The van der Waals surface area contributed by atoms with Crippen LogP contribution >= 0.6 is 24.2 Å². The Bertz CT molecular complexity index is 700. The number of rotatable bonds is 6. The minimum Gasteiger partial charge on any atom is -0.477 e. The molecule has 0 aromatic heterocycles. The number of benzene rings is 1. The first-order valence-electron chi connectivity index (χ1n) is 10.3. The van der Waals surface area contributed by atoms with Gasteiger partial charge in [0, 0.05) is 30.7 Å². The zero-order chi connectivity index (χ0) is 20.9. The third-order valence-corrected chi connectivity index (χ3v) is 6.53. The van der Waals surface area contributed by atoms with Crippen LogP contribution in [-0.4, -0.2) is 53.7 Å². The minimum absolute atomic E-state index is 0.0530. The minimum atomic E-state index is -0.864. The summed E-state index contributed by atoms with van der Waals surface area (Å²) in [7, 11) is 0. The van der Waals surface area contributed by atoms with Crippen molar-refractivity contribution in [2.45, 2.75) is 50.2 Å². The molecule has 6 nitrogen and oxygen atoms in total. The van der Waals surface area contributed by atoms with E-state index in [0.29, 0.717) is 49.2 Å². The number of hydrogen-bond acceptors (Lipinski definition) is 5. The molecule has 0 radical (unpaired) electrons. The van der Waals surface area contributed by atoms with Gasteiger partial charge in [0.15, 0.2) is 5.60 Å². The number of amides is 2. The molecule has 0 atom stereocenters. The first kappa shape index (κ1) is 22.2. The Morgan fingerprint density at radius 3 is 2.38 bits per heavy atom. The third-order valence-electron chi connectivity index (χ3n) is 5.99. The molecule has 3 rings (SSSR count). The summed E-state index contributed by atoms with van der Waals surface area (Å²) in [5, 5.41) is 3.53. The second-order valence-electron chi connectivity index (χ2n) is 8.09. The van der Waals surface area contributed by atoms with Gasteiger partial charge in [-0.1, -0.05) is 11.6 Å². The highest BCUT2D eigenvalue weighted by Crippen LogP contribution is 2.36. The van der Waals surface area contributed by atoms with Crippen LogP contribution in [0.1, 0.15) is 38.5 Å². The normalized spacial score (nSPS) is 25.5. The van der Waals surface area contributed by atoms with Gasteiger partial charge >= 0.3 is 0 Å². The van der Waals surface area contributed by atoms with Crippen molar-refractivity contribution in [3.8, 4) is 5.75 Å². The molecule has 2 aliphatic rings. The van der Waals surface area contributed by atoms with Crippen molar-refractivity contribution >= 4 is 36.0 Å². The third kappa shape index (κ3) is 5.80. The summed E-state index contributed by atoms with van der Waals surface area (Å²) in [5.74, 6) is 1.24. The predicted octanol–water partition coefficient (Wildman–Crippen LogP) is 2.64. The number of likely N-dealkylation sites (tertiary alicyclic amines) is 1. The van der Waals surface area contributed by atoms with Crippen LogP contribution in [0.5, 0.6) is 5.75 Å². The maximum atomic E-state index is 13.5. The summed E-state index contributed by atoms with van der Waals surface area (Å²) in [4.78, 5) is 26.9. The molecule has 1 saturated carbocycles. The van der Waals surface area contributed by atoms with Crippen molar-refractivity contribution in [2.75, 3.05) is 25.4 Å². The summed E-state index contributed by atoms with van der Waals surface area (Å²) in [6, 6.07) is 7.28. The monoisotopic (exact) mass is 439 g/mol. The van der Waals surface area contributed by atoms with E-state index in [2.05, 4.69) is 17.9 Å². The van der Waals surface area contributed by atoms with E-state index in [4.69, 9.17) is 22.1 Å². The zero-order valence-corrected chi connectivity index (χ0v) is 18.3. The molecule has 160 valence electrons. The smallest absolute Gasteiger partial charge is 0.266 e. The van der Waals surface area contributed by atoms with Crippen molar-refractivity contribution in [3.05, 3.63) is 29.3 Å². The predicted molar refractivity (Wildman–Crippen MR) is 117 cm³/mol. The maximum absolute atomic E-state index is 13.5. The van der Waals surface area contributed by atoms with Gasteiger partial charge in [-0.15, -0.1) is 0 Å². The van der Waals surface area contributed by atoms with Gasteiger partial charge < -0.3 is 20.7 Å². The van der Waals surface area contributed by atoms with Crippen LogP contribution in [0.15, 0.2) is 24.3 Å². The average molecular weight is 440 g/mol. The lowest BCUT2D eigenvalue weighted by molar-refractivity contribution is -0.153. The Morgan fingerprint density at radius 1 is 1.17 bits per heavy atom. The molecule has 1 aliphatic carbocycles. The Labute approximate surface area is 182 Å². The molecule has 1 heterocycles. The van der Waals surface area contributed by atoms with Gasteiger partial charge in [-0.05, 0) is 68.7 Å². The molecule has 1 aliphatic heterocycles. The fourth-order valence-electron chi connectivity index (χ4n) is 4.14. The molecule has 8 heteroatoms. The standard InChI is InChI=1S/C21H30ClN3O3S/c22-16-1-3-18(4-2-16)28-21(9-5-17(23)6-10-21)20(27)25-11-7-15(8-12-25)13-24-19(26)14-29/h1-4,15,17,29H,5-14,23H2,(H,24,26). The number of halogens is 1. The molecule has 0 spiro atoms. The molecule has 1 saturated heterocycles. The number of nitrogens with zero attached hydrogens (tertiary/aromatic N) is 1. The van der Waals surface area contributed by atoms with Crippen LogP contribution in [0.4, 0.5) is 0 Å². The molecular weight excluding hydrogens is 410 g/mol. The highest BCUT2D eigenvalue weighted by Gasteiger charge is 2.46.